The minimum Gasteiger partial charge on any atom is -0.508 e. The summed E-state index contributed by atoms with van der Waals surface area (Å²) < 4.78 is 10.2. The summed E-state index contributed by atoms with van der Waals surface area (Å²) in [5.74, 6) is -2.01. The van der Waals surface area contributed by atoms with Gasteiger partial charge in [0.25, 0.3) is 0 Å². The van der Waals surface area contributed by atoms with E-state index in [1.807, 2.05) is 0 Å². The number of aromatic hydroxyl groups is 1. The number of amides is 2. The number of carbonyl (C=O) groups is 3. The summed E-state index contributed by atoms with van der Waals surface area (Å²) in [6.07, 6.45) is 3.19. The molecule has 0 unspecified atom stereocenters. The SMILES string of the molecule is O=C(CN1C(=O)[C@@H]2CCCC[C@H]2C1=O)OCc1cc(=O)oc2cc(O)ccc12. The van der Waals surface area contributed by atoms with E-state index in [0.717, 1.165) is 17.7 Å². The van der Waals surface area contributed by atoms with Crippen molar-refractivity contribution in [1.82, 2.24) is 4.90 Å². The van der Waals surface area contributed by atoms with Gasteiger partial charge in [-0.15, -0.1) is 0 Å². The highest BCUT2D eigenvalue weighted by molar-refractivity contribution is 6.07. The Morgan fingerprint density at radius 2 is 1.79 bits per heavy atom. The second kappa shape index (κ2) is 7.10. The van der Waals surface area contributed by atoms with Crippen molar-refractivity contribution in [3.63, 3.8) is 0 Å². The molecule has 1 aromatic heterocycles. The fraction of sp³-hybridized carbons (Fsp3) is 0.400. The molecule has 1 aliphatic heterocycles. The molecule has 2 heterocycles. The van der Waals surface area contributed by atoms with E-state index in [9.17, 15) is 24.3 Å². The predicted molar refractivity (Wildman–Crippen MR) is 96.1 cm³/mol. The minimum absolute atomic E-state index is 0.0580. The van der Waals surface area contributed by atoms with Gasteiger partial charge in [0.1, 0.15) is 24.5 Å². The van der Waals surface area contributed by atoms with E-state index in [-0.39, 0.29) is 41.6 Å². The molecule has 1 saturated heterocycles. The van der Waals surface area contributed by atoms with Crippen molar-refractivity contribution >= 4 is 28.8 Å². The molecule has 0 spiro atoms. The number of esters is 1. The Balaban J connectivity index is 1.45. The smallest absolute Gasteiger partial charge is 0.336 e. The van der Waals surface area contributed by atoms with E-state index >= 15 is 0 Å². The Labute approximate surface area is 159 Å². The first-order valence-corrected chi connectivity index (χ1v) is 9.20. The zero-order chi connectivity index (χ0) is 19.8. The van der Waals surface area contributed by atoms with Gasteiger partial charge in [0.05, 0.1) is 11.8 Å². The number of hydrogen-bond donors (Lipinski definition) is 1. The number of ether oxygens (including phenoxy) is 1. The minimum atomic E-state index is -0.722. The van der Waals surface area contributed by atoms with Crippen molar-refractivity contribution in [2.75, 3.05) is 6.54 Å². The number of rotatable bonds is 4. The quantitative estimate of drug-likeness (QED) is 0.484. The molecular formula is C20H19NO7. The van der Waals surface area contributed by atoms with Gasteiger partial charge in [0.15, 0.2) is 0 Å². The molecule has 2 amide bonds. The molecule has 8 heteroatoms. The molecule has 2 aliphatic rings. The van der Waals surface area contributed by atoms with Crippen LogP contribution in [0.5, 0.6) is 5.75 Å². The molecule has 2 atom stereocenters. The first kappa shape index (κ1) is 18.2. The lowest BCUT2D eigenvalue weighted by Gasteiger charge is -2.19. The Morgan fingerprint density at radius 3 is 2.46 bits per heavy atom. The normalized spacial score (nSPS) is 21.8. The van der Waals surface area contributed by atoms with Crippen molar-refractivity contribution in [3.05, 3.63) is 40.2 Å². The highest BCUT2D eigenvalue weighted by Crippen LogP contribution is 2.37. The summed E-state index contributed by atoms with van der Waals surface area (Å²) in [4.78, 5) is 49.8. The number of benzene rings is 1. The molecule has 8 nitrogen and oxygen atoms in total. The fourth-order valence-electron chi connectivity index (χ4n) is 4.06. The Bertz CT molecular complexity index is 1000. The maximum Gasteiger partial charge on any atom is 0.336 e. The van der Waals surface area contributed by atoms with Gasteiger partial charge in [-0.2, -0.15) is 0 Å². The van der Waals surface area contributed by atoms with Gasteiger partial charge in [0.2, 0.25) is 11.8 Å². The summed E-state index contributed by atoms with van der Waals surface area (Å²) in [7, 11) is 0. The van der Waals surface area contributed by atoms with E-state index in [0.29, 0.717) is 23.8 Å². The molecule has 1 aromatic carbocycles. The Kier molecular flexibility index (Phi) is 4.62. The molecule has 2 aromatic rings. The van der Waals surface area contributed by atoms with Crippen LogP contribution in [0.3, 0.4) is 0 Å². The molecular weight excluding hydrogens is 366 g/mol. The van der Waals surface area contributed by atoms with Crippen LogP contribution in [0.1, 0.15) is 31.2 Å². The summed E-state index contributed by atoms with van der Waals surface area (Å²) in [5, 5.41) is 10.0. The van der Waals surface area contributed by atoms with Crippen LogP contribution in [0.15, 0.2) is 33.5 Å². The number of phenolic OH excluding ortho intramolecular Hbond substituents is 1. The third-order valence-corrected chi connectivity index (χ3v) is 5.42. The summed E-state index contributed by atoms with van der Waals surface area (Å²) >= 11 is 0. The average molecular weight is 385 g/mol. The largest absolute Gasteiger partial charge is 0.508 e. The summed E-state index contributed by atoms with van der Waals surface area (Å²) in [6.45, 7) is -0.639. The molecule has 2 fully saturated rings. The molecule has 0 bridgehead atoms. The second-order valence-corrected chi connectivity index (χ2v) is 7.19. The topological polar surface area (TPSA) is 114 Å². The Morgan fingerprint density at radius 1 is 1.11 bits per heavy atom. The standard InChI is InChI=1S/C20H19NO7/c22-12-5-6-13-11(7-17(23)28-16(13)8-12)10-27-18(24)9-21-19(25)14-3-1-2-4-15(14)20(21)26/h5-8,14-15,22H,1-4,9-10H2/t14-,15-/m1/s1. The van der Waals surface area contributed by atoms with Crippen LogP contribution >= 0.6 is 0 Å². The van der Waals surface area contributed by atoms with E-state index in [2.05, 4.69) is 0 Å². The van der Waals surface area contributed by atoms with Crippen LogP contribution in [0.2, 0.25) is 0 Å². The van der Waals surface area contributed by atoms with Crippen LogP contribution in [-0.4, -0.2) is 34.3 Å². The maximum atomic E-state index is 12.4. The van der Waals surface area contributed by atoms with Crippen molar-refractivity contribution in [1.29, 1.82) is 0 Å². The number of phenols is 1. The monoisotopic (exact) mass is 385 g/mol. The van der Waals surface area contributed by atoms with E-state index < -0.39 is 18.1 Å². The summed E-state index contributed by atoms with van der Waals surface area (Å²) in [5.41, 5.74) is -0.0574. The molecule has 28 heavy (non-hydrogen) atoms. The lowest BCUT2D eigenvalue weighted by molar-refractivity contribution is -0.153. The molecule has 1 aliphatic carbocycles. The van der Waals surface area contributed by atoms with Crippen LogP contribution in [0.25, 0.3) is 11.0 Å². The fourth-order valence-corrected chi connectivity index (χ4v) is 4.06. The summed E-state index contributed by atoms with van der Waals surface area (Å²) in [6, 6.07) is 5.48. The van der Waals surface area contributed by atoms with Gasteiger partial charge in [0, 0.05) is 23.1 Å². The third kappa shape index (κ3) is 3.26. The average Bonchev–Trinajstić information content (AvgIpc) is 2.91. The Hall–Kier alpha value is -3.16. The lowest BCUT2D eigenvalue weighted by Crippen LogP contribution is -2.36. The molecule has 1 saturated carbocycles. The van der Waals surface area contributed by atoms with Crippen molar-refractivity contribution in [3.8, 4) is 5.75 Å². The predicted octanol–water partition coefficient (Wildman–Crippen LogP) is 1.72. The van der Waals surface area contributed by atoms with Crippen molar-refractivity contribution in [2.24, 2.45) is 11.8 Å². The van der Waals surface area contributed by atoms with E-state index in [1.165, 1.54) is 18.2 Å². The highest BCUT2D eigenvalue weighted by atomic mass is 16.5. The molecule has 1 N–H and O–H groups in total. The first-order valence-electron chi connectivity index (χ1n) is 9.20. The van der Waals surface area contributed by atoms with Gasteiger partial charge in [-0.25, -0.2) is 4.79 Å². The zero-order valence-corrected chi connectivity index (χ0v) is 15.1. The van der Waals surface area contributed by atoms with Crippen LogP contribution in [-0.2, 0) is 25.7 Å². The van der Waals surface area contributed by atoms with Gasteiger partial charge in [-0.1, -0.05) is 12.8 Å². The number of imide groups is 1. The molecule has 0 radical (unpaired) electrons. The maximum absolute atomic E-state index is 12.4. The highest BCUT2D eigenvalue weighted by Gasteiger charge is 2.48. The lowest BCUT2D eigenvalue weighted by atomic mass is 9.81. The van der Waals surface area contributed by atoms with Gasteiger partial charge >= 0.3 is 11.6 Å². The number of hydrogen-bond acceptors (Lipinski definition) is 7. The van der Waals surface area contributed by atoms with E-state index in [4.69, 9.17) is 9.15 Å². The van der Waals surface area contributed by atoms with Crippen LogP contribution in [0, 0.1) is 11.8 Å². The first-order chi connectivity index (χ1) is 13.4. The van der Waals surface area contributed by atoms with Crippen LogP contribution in [0.4, 0.5) is 0 Å². The van der Waals surface area contributed by atoms with Crippen molar-refractivity contribution < 1.29 is 28.6 Å². The number of nitrogens with zero attached hydrogens (tertiary/aromatic N) is 1. The van der Waals surface area contributed by atoms with E-state index in [1.54, 1.807) is 6.07 Å². The zero-order valence-electron chi connectivity index (χ0n) is 15.1. The second-order valence-electron chi connectivity index (χ2n) is 7.19. The van der Waals surface area contributed by atoms with Gasteiger partial charge < -0.3 is 14.3 Å². The third-order valence-electron chi connectivity index (χ3n) is 5.42. The number of fused-ring (bicyclic) bond motifs is 2. The molecule has 4 rings (SSSR count). The molecule has 146 valence electrons. The van der Waals surface area contributed by atoms with Gasteiger partial charge in [-0.05, 0) is 25.0 Å². The van der Waals surface area contributed by atoms with Crippen molar-refractivity contribution in [2.45, 2.75) is 32.3 Å². The number of likely N-dealkylation sites (tertiary alicyclic amines) is 1. The number of carbonyl (C=O) groups excluding carboxylic acids is 3. The van der Waals surface area contributed by atoms with Gasteiger partial charge in [-0.3, -0.25) is 19.3 Å². The van der Waals surface area contributed by atoms with Crippen LogP contribution < -0.4 is 5.63 Å².